The van der Waals surface area contributed by atoms with Gasteiger partial charge in [-0.2, -0.15) is 0 Å². The first-order chi connectivity index (χ1) is 9.51. The first-order valence-corrected chi connectivity index (χ1v) is 7.89. The Morgan fingerprint density at radius 3 is 2.80 bits per heavy atom. The van der Waals surface area contributed by atoms with Gasteiger partial charge in [-0.3, -0.25) is 4.90 Å². The molecule has 1 saturated carbocycles. The smallest absolute Gasteiger partial charge is 0.122 e. The van der Waals surface area contributed by atoms with E-state index in [0.717, 1.165) is 18.9 Å². The third-order valence-electron chi connectivity index (χ3n) is 5.28. The highest BCUT2D eigenvalue weighted by atomic mass is 15.2. The van der Waals surface area contributed by atoms with Crippen LogP contribution in [0, 0.1) is 11.8 Å². The number of likely N-dealkylation sites (N-methyl/N-ethyl adjacent to an activating group) is 1. The van der Waals surface area contributed by atoms with Gasteiger partial charge in [0, 0.05) is 31.5 Å². The third-order valence-corrected chi connectivity index (χ3v) is 5.28. The Hall–Kier alpha value is -0.870. The predicted octanol–water partition coefficient (Wildman–Crippen LogP) is 2.40. The summed E-state index contributed by atoms with van der Waals surface area (Å²) in [5, 5.41) is 0. The highest BCUT2D eigenvalue weighted by molar-refractivity contribution is 5.02. The zero-order valence-corrected chi connectivity index (χ0v) is 13.5. The van der Waals surface area contributed by atoms with Crippen molar-refractivity contribution in [1.29, 1.82) is 0 Å². The molecule has 1 aromatic rings. The molecular weight excluding hydrogens is 248 g/mol. The summed E-state index contributed by atoms with van der Waals surface area (Å²) < 4.78 is 2.11. The van der Waals surface area contributed by atoms with Crippen molar-refractivity contribution in [2.75, 3.05) is 13.6 Å². The molecule has 1 aliphatic carbocycles. The van der Waals surface area contributed by atoms with E-state index in [2.05, 4.69) is 42.4 Å². The molecule has 0 aromatic carbocycles. The number of imidazole rings is 1. The summed E-state index contributed by atoms with van der Waals surface area (Å²) in [6.07, 6.45) is 9.05. The Morgan fingerprint density at radius 2 is 2.25 bits per heavy atom. The van der Waals surface area contributed by atoms with Gasteiger partial charge in [0.25, 0.3) is 0 Å². The van der Waals surface area contributed by atoms with Gasteiger partial charge >= 0.3 is 0 Å². The highest BCUT2D eigenvalue weighted by Gasteiger charge is 2.44. The highest BCUT2D eigenvalue weighted by Crippen LogP contribution is 2.41. The summed E-state index contributed by atoms with van der Waals surface area (Å²) in [4.78, 5) is 6.94. The number of nitrogens with zero attached hydrogens (tertiary/aromatic N) is 3. The van der Waals surface area contributed by atoms with Gasteiger partial charge in [-0.1, -0.05) is 26.7 Å². The molecule has 4 heteroatoms. The number of hydrogen-bond donors (Lipinski definition) is 1. The lowest BCUT2D eigenvalue weighted by Gasteiger charge is -2.51. The van der Waals surface area contributed by atoms with Gasteiger partial charge in [0.1, 0.15) is 5.82 Å². The number of rotatable bonds is 5. The molecule has 0 spiro atoms. The summed E-state index contributed by atoms with van der Waals surface area (Å²) in [7, 11) is 4.29. The largest absolute Gasteiger partial charge is 0.337 e. The molecule has 2 atom stereocenters. The lowest BCUT2D eigenvalue weighted by Crippen LogP contribution is -2.59. The van der Waals surface area contributed by atoms with Gasteiger partial charge in [-0.15, -0.1) is 0 Å². The van der Waals surface area contributed by atoms with E-state index in [1.807, 2.05) is 12.4 Å². The van der Waals surface area contributed by atoms with Crippen molar-refractivity contribution in [1.82, 2.24) is 14.5 Å². The molecule has 0 saturated heterocycles. The predicted molar refractivity (Wildman–Crippen MR) is 83.3 cm³/mol. The summed E-state index contributed by atoms with van der Waals surface area (Å²) in [5.74, 6) is 2.49. The Labute approximate surface area is 123 Å². The Morgan fingerprint density at radius 1 is 1.50 bits per heavy atom. The van der Waals surface area contributed by atoms with E-state index in [1.165, 1.54) is 25.7 Å². The molecule has 4 nitrogen and oxygen atoms in total. The minimum atomic E-state index is 0.137. The van der Waals surface area contributed by atoms with Crippen LogP contribution in [0.2, 0.25) is 0 Å². The van der Waals surface area contributed by atoms with E-state index >= 15 is 0 Å². The maximum absolute atomic E-state index is 6.27. The maximum atomic E-state index is 6.27. The summed E-state index contributed by atoms with van der Waals surface area (Å²) >= 11 is 0. The van der Waals surface area contributed by atoms with Gasteiger partial charge in [0.05, 0.1) is 6.54 Å². The van der Waals surface area contributed by atoms with E-state index in [-0.39, 0.29) is 5.54 Å². The minimum Gasteiger partial charge on any atom is -0.337 e. The van der Waals surface area contributed by atoms with Crippen LogP contribution in [-0.4, -0.2) is 33.6 Å². The van der Waals surface area contributed by atoms with Crippen LogP contribution in [0.3, 0.4) is 0 Å². The maximum Gasteiger partial charge on any atom is 0.122 e. The van der Waals surface area contributed by atoms with Crippen LogP contribution >= 0.6 is 0 Å². The molecule has 2 N–H and O–H groups in total. The van der Waals surface area contributed by atoms with Gasteiger partial charge in [-0.05, 0) is 31.7 Å². The normalized spacial score (nSPS) is 27.4. The van der Waals surface area contributed by atoms with Crippen molar-refractivity contribution in [3.05, 3.63) is 18.2 Å². The monoisotopic (exact) mass is 278 g/mol. The molecule has 1 fully saturated rings. The van der Waals surface area contributed by atoms with Crippen molar-refractivity contribution in [3.63, 3.8) is 0 Å². The lowest BCUT2D eigenvalue weighted by molar-refractivity contribution is -0.00364. The number of aryl methyl sites for hydroxylation is 1. The van der Waals surface area contributed by atoms with Gasteiger partial charge in [0.2, 0.25) is 0 Å². The number of aromatic nitrogens is 2. The molecule has 0 amide bonds. The molecule has 114 valence electrons. The van der Waals surface area contributed by atoms with Crippen LogP contribution in [-0.2, 0) is 13.6 Å². The van der Waals surface area contributed by atoms with Gasteiger partial charge < -0.3 is 10.3 Å². The topological polar surface area (TPSA) is 47.1 Å². The second-order valence-electron chi connectivity index (χ2n) is 6.71. The summed E-state index contributed by atoms with van der Waals surface area (Å²) in [6.45, 7) is 6.31. The Kier molecular flexibility index (Phi) is 4.86. The summed E-state index contributed by atoms with van der Waals surface area (Å²) in [6, 6.07) is 0. The van der Waals surface area contributed by atoms with Crippen LogP contribution < -0.4 is 5.73 Å². The zero-order chi connectivity index (χ0) is 14.8. The molecule has 2 rings (SSSR count). The molecule has 20 heavy (non-hydrogen) atoms. The fourth-order valence-corrected chi connectivity index (χ4v) is 4.00. The number of hydrogen-bond acceptors (Lipinski definition) is 3. The first kappa shape index (κ1) is 15.5. The van der Waals surface area contributed by atoms with Crippen molar-refractivity contribution in [2.24, 2.45) is 24.6 Å². The van der Waals surface area contributed by atoms with Gasteiger partial charge in [-0.25, -0.2) is 4.98 Å². The molecular formula is C16H30N4. The molecule has 1 heterocycles. The van der Waals surface area contributed by atoms with Crippen molar-refractivity contribution in [2.45, 2.75) is 51.6 Å². The van der Waals surface area contributed by atoms with Crippen LogP contribution in [0.1, 0.15) is 45.4 Å². The average molecular weight is 278 g/mol. The molecule has 0 radical (unpaired) electrons. The Balaban J connectivity index is 2.21. The lowest BCUT2D eigenvalue weighted by atomic mass is 9.67. The fraction of sp³-hybridized carbons (Fsp3) is 0.812. The first-order valence-electron chi connectivity index (χ1n) is 7.89. The van der Waals surface area contributed by atoms with E-state index in [1.54, 1.807) is 0 Å². The van der Waals surface area contributed by atoms with E-state index in [0.29, 0.717) is 11.8 Å². The number of nitrogens with two attached hydrogens (primary N) is 1. The van der Waals surface area contributed by atoms with E-state index < -0.39 is 0 Å². The molecule has 1 aliphatic rings. The average Bonchev–Trinajstić information content (AvgIpc) is 2.83. The minimum absolute atomic E-state index is 0.137. The van der Waals surface area contributed by atoms with E-state index in [9.17, 15) is 0 Å². The molecule has 2 unspecified atom stereocenters. The third kappa shape index (κ3) is 2.77. The molecule has 1 aromatic heterocycles. The van der Waals surface area contributed by atoms with Crippen LogP contribution in [0.15, 0.2) is 12.4 Å². The molecule has 0 bridgehead atoms. The quantitative estimate of drug-likeness (QED) is 0.899. The standard InChI is InChI=1S/C16H30N4/c1-13(2)14-7-5-6-8-16(14,12-17)20(4)11-15-18-9-10-19(15)3/h9-10,13-14H,5-8,11-12,17H2,1-4H3. The van der Waals surface area contributed by atoms with Crippen LogP contribution in [0.4, 0.5) is 0 Å². The second kappa shape index (κ2) is 6.27. The van der Waals surface area contributed by atoms with Crippen LogP contribution in [0.5, 0.6) is 0 Å². The van der Waals surface area contributed by atoms with Gasteiger partial charge in [0.15, 0.2) is 0 Å². The van der Waals surface area contributed by atoms with Crippen molar-refractivity contribution in [3.8, 4) is 0 Å². The van der Waals surface area contributed by atoms with Crippen LogP contribution in [0.25, 0.3) is 0 Å². The van der Waals surface area contributed by atoms with Crippen molar-refractivity contribution >= 4 is 0 Å². The Bertz CT molecular complexity index is 426. The van der Waals surface area contributed by atoms with Crippen molar-refractivity contribution < 1.29 is 0 Å². The fourth-order valence-electron chi connectivity index (χ4n) is 4.00. The zero-order valence-electron chi connectivity index (χ0n) is 13.5. The second-order valence-corrected chi connectivity index (χ2v) is 6.71. The SMILES string of the molecule is CC(C)C1CCCCC1(CN)N(C)Cc1nccn1C. The summed E-state index contributed by atoms with van der Waals surface area (Å²) in [5.41, 5.74) is 6.40. The van der Waals surface area contributed by atoms with E-state index in [4.69, 9.17) is 5.73 Å². The molecule has 0 aliphatic heterocycles.